The highest BCUT2D eigenvalue weighted by atomic mass is 16.3. The van der Waals surface area contributed by atoms with Crippen molar-refractivity contribution in [3.63, 3.8) is 0 Å². The Morgan fingerprint density at radius 1 is 1.16 bits per heavy atom. The molecule has 2 aromatic heterocycles. The Morgan fingerprint density at radius 2 is 2.05 bits per heavy atom. The number of aliphatic hydroxyl groups excluding tert-OH is 1. The van der Waals surface area contributed by atoms with E-state index >= 15 is 0 Å². The van der Waals surface area contributed by atoms with Crippen LogP contribution in [-0.4, -0.2) is 36.8 Å². The topological polar surface area (TPSA) is 84.1 Å². The fraction of sp³-hybridized carbons (Fsp3) is 0.154. The van der Waals surface area contributed by atoms with Gasteiger partial charge in [-0.3, -0.25) is 0 Å². The van der Waals surface area contributed by atoms with Crippen LogP contribution in [0, 0.1) is 0 Å². The minimum atomic E-state index is 0.0558. The molecular weight excluding hydrogens is 244 g/mol. The summed E-state index contributed by atoms with van der Waals surface area (Å²) in [7, 11) is 0. The Morgan fingerprint density at radius 3 is 2.84 bits per heavy atom. The van der Waals surface area contributed by atoms with Gasteiger partial charge in [-0.2, -0.15) is 0 Å². The summed E-state index contributed by atoms with van der Waals surface area (Å²) in [5.41, 5.74) is 2.57. The summed E-state index contributed by atoms with van der Waals surface area (Å²) in [4.78, 5) is 5.45. The molecule has 3 aromatic rings. The van der Waals surface area contributed by atoms with Crippen molar-refractivity contribution in [2.45, 2.75) is 6.42 Å². The summed E-state index contributed by atoms with van der Waals surface area (Å²) in [6.07, 6.45) is 2.16. The number of fused-ring (bicyclic) bond motifs is 1. The molecule has 96 valence electrons. The van der Waals surface area contributed by atoms with E-state index in [0.717, 1.165) is 5.56 Å². The van der Waals surface area contributed by atoms with Crippen LogP contribution in [0.15, 0.2) is 36.5 Å². The molecule has 3 rings (SSSR count). The van der Waals surface area contributed by atoms with E-state index in [4.69, 9.17) is 5.11 Å². The monoisotopic (exact) mass is 256 g/mol. The van der Waals surface area contributed by atoms with Gasteiger partial charge in [0.15, 0.2) is 0 Å². The lowest BCUT2D eigenvalue weighted by atomic mass is 10.1. The molecule has 1 aromatic carbocycles. The van der Waals surface area contributed by atoms with Crippen LogP contribution < -0.4 is 0 Å². The van der Waals surface area contributed by atoms with Crippen LogP contribution in [-0.2, 0) is 6.42 Å². The van der Waals surface area contributed by atoms with Gasteiger partial charge in [0.1, 0.15) is 17.0 Å². The first-order chi connectivity index (χ1) is 9.28. The van der Waals surface area contributed by atoms with Crippen molar-refractivity contribution in [1.82, 2.24) is 20.0 Å². The quantitative estimate of drug-likeness (QED) is 0.732. The van der Waals surface area contributed by atoms with Crippen molar-refractivity contribution in [2.24, 2.45) is 0 Å². The molecule has 0 amide bonds. The second-order valence-electron chi connectivity index (χ2n) is 4.13. The van der Waals surface area contributed by atoms with E-state index in [1.54, 1.807) is 36.5 Å². The molecule has 6 heteroatoms. The summed E-state index contributed by atoms with van der Waals surface area (Å²) >= 11 is 0. The number of aliphatic hydroxyl groups is 1. The van der Waals surface area contributed by atoms with Crippen molar-refractivity contribution < 1.29 is 10.2 Å². The van der Waals surface area contributed by atoms with Crippen LogP contribution >= 0.6 is 0 Å². The molecule has 2 N–H and O–H groups in total. The van der Waals surface area contributed by atoms with E-state index in [-0.39, 0.29) is 12.4 Å². The predicted octanol–water partition coefficient (Wildman–Crippen LogP) is 1.06. The van der Waals surface area contributed by atoms with Gasteiger partial charge >= 0.3 is 0 Å². The summed E-state index contributed by atoms with van der Waals surface area (Å²) in [6, 6.07) is 8.67. The summed E-state index contributed by atoms with van der Waals surface area (Å²) in [6.45, 7) is 0.0558. The van der Waals surface area contributed by atoms with E-state index in [1.807, 2.05) is 0 Å². The lowest BCUT2D eigenvalue weighted by Gasteiger charge is -2.05. The number of phenolic OH excluding ortho intramolecular Hbond substituents is 1. The maximum absolute atomic E-state index is 9.90. The lowest BCUT2D eigenvalue weighted by molar-refractivity contribution is 0.299. The molecule has 0 saturated carbocycles. The zero-order valence-corrected chi connectivity index (χ0v) is 10.1. The maximum Gasteiger partial charge on any atom is 0.202 e. The van der Waals surface area contributed by atoms with E-state index in [0.29, 0.717) is 23.3 Å². The third-order valence-corrected chi connectivity index (χ3v) is 2.81. The normalized spacial score (nSPS) is 11.0. The fourth-order valence-electron chi connectivity index (χ4n) is 1.88. The second kappa shape index (κ2) is 4.66. The van der Waals surface area contributed by atoms with Crippen LogP contribution in [0.5, 0.6) is 5.75 Å². The minimum absolute atomic E-state index is 0.0558. The molecule has 0 radical (unpaired) electrons. The fourth-order valence-corrected chi connectivity index (χ4v) is 1.88. The zero-order valence-electron chi connectivity index (χ0n) is 10.1. The molecule has 0 fully saturated rings. The van der Waals surface area contributed by atoms with E-state index in [2.05, 4.69) is 15.2 Å². The smallest absolute Gasteiger partial charge is 0.202 e. The van der Waals surface area contributed by atoms with Crippen molar-refractivity contribution in [2.75, 3.05) is 6.61 Å². The minimum Gasteiger partial charge on any atom is -0.506 e. The number of phenols is 1. The van der Waals surface area contributed by atoms with Gasteiger partial charge in [-0.25, -0.2) is 4.98 Å². The van der Waals surface area contributed by atoms with Gasteiger partial charge in [0.05, 0.1) is 0 Å². The number of pyridine rings is 1. The largest absolute Gasteiger partial charge is 0.506 e. The Hall–Kier alpha value is -2.47. The Kier molecular flexibility index (Phi) is 2.85. The van der Waals surface area contributed by atoms with E-state index in [1.165, 1.54) is 4.80 Å². The SMILES string of the molecule is OCCc1ccc(O)c(-n2nc3cccnc3n2)c1. The first kappa shape index (κ1) is 11.6. The average molecular weight is 256 g/mol. The number of aromatic nitrogens is 4. The van der Waals surface area contributed by atoms with Crippen molar-refractivity contribution in [1.29, 1.82) is 0 Å². The zero-order chi connectivity index (χ0) is 13.2. The van der Waals surface area contributed by atoms with Crippen molar-refractivity contribution >= 4 is 11.2 Å². The third-order valence-electron chi connectivity index (χ3n) is 2.81. The van der Waals surface area contributed by atoms with Crippen LogP contribution in [0.1, 0.15) is 5.56 Å². The number of benzene rings is 1. The molecule has 6 nitrogen and oxygen atoms in total. The molecule has 2 heterocycles. The number of aromatic hydroxyl groups is 1. The van der Waals surface area contributed by atoms with Gasteiger partial charge in [-0.05, 0) is 36.2 Å². The Labute approximate surface area is 109 Å². The number of rotatable bonds is 3. The molecular formula is C13H12N4O2. The van der Waals surface area contributed by atoms with Crippen molar-refractivity contribution in [3.8, 4) is 11.4 Å². The van der Waals surface area contributed by atoms with E-state index in [9.17, 15) is 5.11 Å². The molecule has 0 aliphatic heterocycles. The molecule has 0 spiro atoms. The summed E-state index contributed by atoms with van der Waals surface area (Å²) in [5, 5.41) is 27.3. The summed E-state index contributed by atoms with van der Waals surface area (Å²) < 4.78 is 0. The highest BCUT2D eigenvalue weighted by molar-refractivity contribution is 5.68. The number of hydrogen-bond acceptors (Lipinski definition) is 5. The first-order valence-electron chi connectivity index (χ1n) is 5.89. The van der Waals surface area contributed by atoms with Crippen LogP contribution in [0.4, 0.5) is 0 Å². The Bertz CT molecular complexity index is 690. The van der Waals surface area contributed by atoms with Crippen LogP contribution in [0.3, 0.4) is 0 Å². The average Bonchev–Trinajstić information content (AvgIpc) is 2.85. The molecule has 0 aliphatic carbocycles. The lowest BCUT2D eigenvalue weighted by Crippen LogP contribution is -2.01. The second-order valence-corrected chi connectivity index (χ2v) is 4.13. The molecule has 0 atom stereocenters. The summed E-state index contributed by atoms with van der Waals surface area (Å²) in [5.74, 6) is 0.0852. The van der Waals surface area contributed by atoms with Gasteiger partial charge in [0.25, 0.3) is 0 Å². The highest BCUT2D eigenvalue weighted by Crippen LogP contribution is 2.22. The number of nitrogens with zero attached hydrogens (tertiary/aromatic N) is 4. The molecule has 0 saturated heterocycles. The molecule has 0 unspecified atom stereocenters. The standard InChI is InChI=1S/C13H12N4O2/c18-7-5-9-3-4-12(19)11(8-9)17-15-10-2-1-6-14-13(10)16-17/h1-4,6,8,18-19H,5,7H2. The first-order valence-corrected chi connectivity index (χ1v) is 5.89. The van der Waals surface area contributed by atoms with Gasteiger partial charge < -0.3 is 10.2 Å². The van der Waals surface area contributed by atoms with Gasteiger partial charge in [-0.1, -0.05) is 6.07 Å². The molecule has 19 heavy (non-hydrogen) atoms. The van der Waals surface area contributed by atoms with E-state index < -0.39 is 0 Å². The van der Waals surface area contributed by atoms with Crippen molar-refractivity contribution in [3.05, 3.63) is 42.1 Å². The third kappa shape index (κ3) is 2.13. The maximum atomic E-state index is 9.90. The van der Waals surface area contributed by atoms with Crippen LogP contribution in [0.2, 0.25) is 0 Å². The van der Waals surface area contributed by atoms with Gasteiger partial charge in [-0.15, -0.1) is 15.0 Å². The van der Waals surface area contributed by atoms with Gasteiger partial charge in [0, 0.05) is 12.8 Å². The Balaban J connectivity index is 2.11. The predicted molar refractivity (Wildman–Crippen MR) is 69.1 cm³/mol. The molecule has 0 aliphatic rings. The highest BCUT2D eigenvalue weighted by Gasteiger charge is 2.10. The van der Waals surface area contributed by atoms with Gasteiger partial charge in [0.2, 0.25) is 5.65 Å². The molecule has 0 bridgehead atoms. The number of hydrogen-bond donors (Lipinski definition) is 2. The van der Waals surface area contributed by atoms with Crippen LogP contribution in [0.25, 0.3) is 16.9 Å².